The Labute approximate surface area is 150 Å². The third kappa shape index (κ3) is 3.59. The van der Waals surface area contributed by atoms with Crippen molar-refractivity contribution in [2.45, 2.75) is 57.8 Å². The molecule has 0 N–H and O–H groups in total. The van der Waals surface area contributed by atoms with Crippen molar-refractivity contribution >= 4 is 0 Å². The number of fused-ring (bicyclic) bond motifs is 3. The van der Waals surface area contributed by atoms with Crippen molar-refractivity contribution in [3.05, 3.63) is 58.7 Å². The number of benzene rings is 2. The Bertz CT molecular complexity index is 771. The van der Waals surface area contributed by atoms with Crippen molar-refractivity contribution in [3.63, 3.8) is 0 Å². The number of unbranched alkanes of at least 4 members (excludes halogenated alkanes) is 3. The lowest BCUT2D eigenvalue weighted by atomic mass is 9.89. The fourth-order valence-electron chi connectivity index (χ4n) is 3.95. The number of nitriles is 2. The summed E-state index contributed by atoms with van der Waals surface area (Å²) in [6.07, 6.45) is 7.10. The molecule has 0 aliphatic heterocycles. The maximum absolute atomic E-state index is 9.02. The van der Waals surface area contributed by atoms with E-state index in [-0.39, 0.29) is 0 Å². The highest BCUT2D eigenvalue weighted by Crippen LogP contribution is 2.47. The van der Waals surface area contributed by atoms with Crippen molar-refractivity contribution < 1.29 is 0 Å². The van der Waals surface area contributed by atoms with Gasteiger partial charge in [0.2, 0.25) is 0 Å². The molecule has 0 radical (unpaired) electrons. The van der Waals surface area contributed by atoms with Gasteiger partial charge in [0.05, 0.1) is 25.0 Å². The molecule has 0 amide bonds. The van der Waals surface area contributed by atoms with E-state index in [1.807, 2.05) is 0 Å². The van der Waals surface area contributed by atoms with E-state index in [0.29, 0.717) is 18.8 Å². The van der Waals surface area contributed by atoms with E-state index in [1.165, 1.54) is 47.9 Å². The summed E-state index contributed by atoms with van der Waals surface area (Å²) in [4.78, 5) is 0. The van der Waals surface area contributed by atoms with Gasteiger partial charge in [-0.05, 0) is 39.8 Å². The smallest absolute Gasteiger partial charge is 0.0669 e. The molecule has 3 rings (SSSR count). The number of hydrogen-bond donors (Lipinski definition) is 0. The fraction of sp³-hybridized carbons (Fsp3) is 0.391. The van der Waals surface area contributed by atoms with Crippen LogP contribution >= 0.6 is 0 Å². The fourth-order valence-corrected chi connectivity index (χ4v) is 3.95. The van der Waals surface area contributed by atoms with E-state index in [0.717, 1.165) is 17.5 Å². The minimum absolute atomic E-state index is 0.402. The van der Waals surface area contributed by atoms with Crippen molar-refractivity contribution in [3.8, 4) is 23.3 Å². The van der Waals surface area contributed by atoms with Crippen molar-refractivity contribution in [1.82, 2.24) is 0 Å². The summed E-state index contributed by atoms with van der Waals surface area (Å²) in [5.74, 6) is 0.402. The van der Waals surface area contributed by atoms with E-state index < -0.39 is 0 Å². The van der Waals surface area contributed by atoms with Crippen LogP contribution in [0.1, 0.15) is 67.2 Å². The van der Waals surface area contributed by atoms with Crippen molar-refractivity contribution in [2.75, 3.05) is 0 Å². The topological polar surface area (TPSA) is 47.6 Å². The first kappa shape index (κ1) is 17.2. The second-order valence-electron chi connectivity index (χ2n) is 6.91. The Morgan fingerprint density at radius 3 is 1.84 bits per heavy atom. The van der Waals surface area contributed by atoms with Gasteiger partial charge in [0.25, 0.3) is 0 Å². The van der Waals surface area contributed by atoms with Crippen LogP contribution in [-0.4, -0.2) is 0 Å². The van der Waals surface area contributed by atoms with Gasteiger partial charge in [-0.2, -0.15) is 10.5 Å². The molecule has 0 atom stereocenters. The Balaban J connectivity index is 1.97. The molecule has 2 nitrogen and oxygen atoms in total. The van der Waals surface area contributed by atoms with E-state index >= 15 is 0 Å². The SMILES string of the molecule is CCCCCCC1c2cc(CC#N)ccc2-c2ccc(CC#N)cc21. The molecule has 1 aliphatic carbocycles. The van der Waals surface area contributed by atoms with Crippen LogP contribution in [-0.2, 0) is 12.8 Å². The normalized spacial score (nSPS) is 12.3. The Hall–Kier alpha value is -2.58. The van der Waals surface area contributed by atoms with Crippen LogP contribution < -0.4 is 0 Å². The summed E-state index contributed by atoms with van der Waals surface area (Å²) in [6.45, 7) is 2.24. The van der Waals surface area contributed by atoms with Gasteiger partial charge in [0.15, 0.2) is 0 Å². The molecule has 0 saturated heterocycles. The first-order valence-electron chi connectivity index (χ1n) is 9.28. The summed E-state index contributed by atoms with van der Waals surface area (Å²) < 4.78 is 0. The first-order chi connectivity index (χ1) is 12.3. The average molecular weight is 328 g/mol. The lowest BCUT2D eigenvalue weighted by Gasteiger charge is -2.15. The maximum atomic E-state index is 9.02. The van der Waals surface area contributed by atoms with Gasteiger partial charge in [-0.25, -0.2) is 0 Å². The van der Waals surface area contributed by atoms with Gasteiger partial charge < -0.3 is 0 Å². The van der Waals surface area contributed by atoms with Gasteiger partial charge >= 0.3 is 0 Å². The van der Waals surface area contributed by atoms with Crippen LogP contribution in [0.25, 0.3) is 11.1 Å². The van der Waals surface area contributed by atoms with Crippen LogP contribution in [0.4, 0.5) is 0 Å². The lowest BCUT2D eigenvalue weighted by molar-refractivity contribution is 0.601. The summed E-state index contributed by atoms with van der Waals surface area (Å²) in [5.41, 5.74) is 7.55. The minimum Gasteiger partial charge on any atom is -0.198 e. The Morgan fingerprint density at radius 2 is 1.36 bits per heavy atom. The monoisotopic (exact) mass is 328 g/mol. The van der Waals surface area contributed by atoms with Crippen LogP contribution in [0.5, 0.6) is 0 Å². The lowest BCUT2D eigenvalue weighted by Crippen LogP contribution is -1.99. The second kappa shape index (κ2) is 8.00. The highest BCUT2D eigenvalue weighted by molar-refractivity contribution is 5.79. The number of rotatable bonds is 7. The predicted octanol–water partition coefficient (Wildman–Crippen LogP) is 5.90. The predicted molar refractivity (Wildman–Crippen MR) is 101 cm³/mol. The van der Waals surface area contributed by atoms with Crippen molar-refractivity contribution in [1.29, 1.82) is 10.5 Å². The van der Waals surface area contributed by atoms with Crippen LogP contribution in [0.15, 0.2) is 36.4 Å². The zero-order valence-electron chi connectivity index (χ0n) is 14.9. The van der Waals surface area contributed by atoms with Gasteiger partial charge in [-0.1, -0.05) is 69.0 Å². The van der Waals surface area contributed by atoms with E-state index in [4.69, 9.17) is 10.5 Å². The zero-order valence-corrected chi connectivity index (χ0v) is 14.9. The van der Waals surface area contributed by atoms with Crippen molar-refractivity contribution in [2.24, 2.45) is 0 Å². The van der Waals surface area contributed by atoms with E-state index in [2.05, 4.69) is 55.5 Å². The Morgan fingerprint density at radius 1 is 0.800 bits per heavy atom. The first-order valence-corrected chi connectivity index (χ1v) is 9.28. The molecule has 0 saturated carbocycles. The standard InChI is InChI=1S/C23H24N2/c1-2-3-4-5-6-19-22-15-17(11-13-24)7-9-20(22)21-10-8-18(12-14-25)16-23(19)21/h7-10,15-16,19H,2-6,11-12H2,1H3. The van der Waals surface area contributed by atoms with Gasteiger partial charge in [-0.15, -0.1) is 0 Å². The molecule has 0 aromatic heterocycles. The zero-order chi connectivity index (χ0) is 17.6. The molecule has 0 heterocycles. The van der Waals surface area contributed by atoms with Gasteiger partial charge in [0.1, 0.15) is 0 Å². The van der Waals surface area contributed by atoms with Crippen LogP contribution in [0.3, 0.4) is 0 Å². The molecule has 0 fully saturated rings. The summed E-state index contributed by atoms with van der Waals surface area (Å²) >= 11 is 0. The molecular formula is C23H24N2. The molecule has 25 heavy (non-hydrogen) atoms. The van der Waals surface area contributed by atoms with Gasteiger partial charge in [-0.3, -0.25) is 0 Å². The molecule has 1 aliphatic rings. The van der Waals surface area contributed by atoms with E-state index in [1.54, 1.807) is 0 Å². The third-order valence-corrected chi connectivity index (χ3v) is 5.19. The summed E-state index contributed by atoms with van der Waals surface area (Å²) in [5, 5.41) is 18.0. The molecular weight excluding hydrogens is 304 g/mol. The van der Waals surface area contributed by atoms with E-state index in [9.17, 15) is 0 Å². The molecule has 0 unspecified atom stereocenters. The summed E-state index contributed by atoms with van der Waals surface area (Å²) in [7, 11) is 0. The molecule has 126 valence electrons. The highest BCUT2D eigenvalue weighted by atomic mass is 14.3. The molecule has 2 aromatic rings. The minimum atomic E-state index is 0.402. The maximum Gasteiger partial charge on any atom is 0.0669 e. The summed E-state index contributed by atoms with van der Waals surface area (Å²) in [6, 6.07) is 17.5. The molecule has 2 heteroatoms. The number of hydrogen-bond acceptors (Lipinski definition) is 2. The van der Waals surface area contributed by atoms with Crippen LogP contribution in [0, 0.1) is 22.7 Å². The highest BCUT2D eigenvalue weighted by Gasteiger charge is 2.28. The average Bonchev–Trinajstić information content (AvgIpc) is 2.92. The Kier molecular flexibility index (Phi) is 5.52. The number of nitrogens with zero attached hydrogens (tertiary/aromatic N) is 2. The third-order valence-electron chi connectivity index (χ3n) is 5.19. The largest absolute Gasteiger partial charge is 0.198 e. The molecule has 0 bridgehead atoms. The van der Waals surface area contributed by atoms with Gasteiger partial charge in [0, 0.05) is 5.92 Å². The second-order valence-corrected chi connectivity index (χ2v) is 6.91. The van der Waals surface area contributed by atoms with Crippen LogP contribution in [0.2, 0.25) is 0 Å². The molecule has 2 aromatic carbocycles. The molecule has 0 spiro atoms. The quantitative estimate of drug-likeness (QED) is 0.594.